The van der Waals surface area contributed by atoms with E-state index in [2.05, 4.69) is 6.92 Å². The number of amides is 1. The molecular weight excluding hydrogens is 286 g/mol. The quantitative estimate of drug-likeness (QED) is 0.866. The van der Waals surface area contributed by atoms with Crippen LogP contribution < -0.4 is 0 Å². The zero-order chi connectivity index (χ0) is 15.4. The molecule has 1 aliphatic rings. The fraction of sp³-hybridized carbons (Fsp3) is 0.500. The number of nitrogens with zero attached hydrogens (tertiary/aromatic N) is 1. The van der Waals surface area contributed by atoms with Gasteiger partial charge in [0.15, 0.2) is 0 Å². The van der Waals surface area contributed by atoms with Gasteiger partial charge >= 0.3 is 5.97 Å². The second-order valence-electron chi connectivity index (χ2n) is 5.72. The van der Waals surface area contributed by atoms with Gasteiger partial charge in [-0.15, -0.1) is 11.3 Å². The maximum Gasteiger partial charge on any atom is 0.328 e. The molecule has 1 amide bonds. The molecule has 0 aromatic carbocycles. The van der Waals surface area contributed by atoms with Gasteiger partial charge in [-0.2, -0.15) is 0 Å². The molecule has 1 heterocycles. The molecule has 21 heavy (non-hydrogen) atoms. The third kappa shape index (κ3) is 3.94. The number of thiophene rings is 1. The normalized spacial score (nSPS) is 22.4. The highest BCUT2D eigenvalue weighted by atomic mass is 32.1. The Hall–Kier alpha value is -1.62. The first-order valence-electron chi connectivity index (χ1n) is 7.24. The second kappa shape index (κ2) is 6.89. The van der Waals surface area contributed by atoms with Crippen molar-refractivity contribution in [1.82, 2.24) is 4.90 Å². The molecule has 2 rings (SSSR count). The first kappa shape index (κ1) is 15.8. The third-order valence-corrected chi connectivity index (χ3v) is 4.99. The first-order chi connectivity index (χ1) is 9.99. The molecule has 4 nitrogen and oxygen atoms in total. The van der Waals surface area contributed by atoms with Crippen LogP contribution in [0.15, 0.2) is 17.5 Å². The minimum absolute atomic E-state index is 0.00543. The Bertz CT molecular complexity index is 549. The minimum atomic E-state index is -1.01. The molecule has 0 radical (unpaired) electrons. The lowest BCUT2D eigenvalue weighted by Crippen LogP contribution is -2.39. The Morgan fingerprint density at radius 3 is 2.86 bits per heavy atom. The number of carboxylic acids is 1. The van der Waals surface area contributed by atoms with Crippen molar-refractivity contribution in [2.24, 2.45) is 5.92 Å². The van der Waals surface area contributed by atoms with Crippen molar-refractivity contribution in [3.05, 3.63) is 28.0 Å². The third-order valence-electron chi connectivity index (χ3n) is 4.07. The summed E-state index contributed by atoms with van der Waals surface area (Å²) in [6, 6.07) is 2.08. The van der Waals surface area contributed by atoms with Crippen molar-refractivity contribution in [2.45, 2.75) is 38.6 Å². The summed E-state index contributed by atoms with van der Waals surface area (Å²) in [6.45, 7) is 2.23. The molecule has 1 saturated carbocycles. The number of aliphatic carboxylic acids is 1. The van der Waals surface area contributed by atoms with Crippen LogP contribution in [0.2, 0.25) is 0 Å². The predicted molar refractivity (Wildman–Crippen MR) is 84.5 cm³/mol. The Morgan fingerprint density at radius 1 is 1.43 bits per heavy atom. The van der Waals surface area contributed by atoms with Gasteiger partial charge in [-0.1, -0.05) is 19.8 Å². The van der Waals surface area contributed by atoms with Crippen molar-refractivity contribution in [3.63, 3.8) is 0 Å². The van der Waals surface area contributed by atoms with Crippen molar-refractivity contribution >= 4 is 29.3 Å². The number of hydrogen-bond donors (Lipinski definition) is 1. The van der Waals surface area contributed by atoms with Crippen LogP contribution in [-0.2, 0) is 4.79 Å². The van der Waals surface area contributed by atoms with Crippen LogP contribution in [0.3, 0.4) is 0 Å². The van der Waals surface area contributed by atoms with Gasteiger partial charge in [0.1, 0.15) is 0 Å². The van der Waals surface area contributed by atoms with Crippen LogP contribution in [0.4, 0.5) is 0 Å². The molecule has 5 heteroatoms. The summed E-state index contributed by atoms with van der Waals surface area (Å²) >= 11 is 1.37. The molecule has 0 aliphatic heterocycles. The highest BCUT2D eigenvalue weighted by Crippen LogP contribution is 2.29. The van der Waals surface area contributed by atoms with E-state index in [0.717, 1.165) is 18.9 Å². The maximum absolute atomic E-state index is 12.6. The highest BCUT2D eigenvalue weighted by Gasteiger charge is 2.27. The molecule has 1 fully saturated rings. The Labute approximate surface area is 129 Å². The zero-order valence-corrected chi connectivity index (χ0v) is 13.2. The smallest absolute Gasteiger partial charge is 0.328 e. The van der Waals surface area contributed by atoms with Crippen molar-refractivity contribution in [1.29, 1.82) is 0 Å². The van der Waals surface area contributed by atoms with Gasteiger partial charge in [-0.05, 0) is 41.8 Å². The van der Waals surface area contributed by atoms with Crippen LogP contribution in [-0.4, -0.2) is 35.0 Å². The van der Waals surface area contributed by atoms with Crippen LogP contribution in [0.1, 0.15) is 47.8 Å². The molecule has 1 aromatic rings. The van der Waals surface area contributed by atoms with E-state index in [9.17, 15) is 9.59 Å². The minimum Gasteiger partial charge on any atom is -0.478 e. The SMILES string of the molecule is CC1CCCC(N(C)C(=O)c2sccc2C=CC(=O)O)C1. The lowest BCUT2D eigenvalue weighted by Gasteiger charge is -2.34. The van der Waals surface area contributed by atoms with Crippen molar-refractivity contribution in [2.75, 3.05) is 7.05 Å². The average molecular weight is 307 g/mol. The van der Waals surface area contributed by atoms with Gasteiger partial charge in [0.2, 0.25) is 0 Å². The van der Waals surface area contributed by atoms with E-state index in [1.807, 2.05) is 17.3 Å². The fourth-order valence-corrected chi connectivity index (χ4v) is 3.73. The van der Waals surface area contributed by atoms with Crippen LogP contribution >= 0.6 is 11.3 Å². The molecular formula is C16H21NO3S. The van der Waals surface area contributed by atoms with Gasteiger partial charge in [0.05, 0.1) is 4.88 Å². The lowest BCUT2D eigenvalue weighted by atomic mass is 9.86. The predicted octanol–water partition coefficient (Wildman–Crippen LogP) is 3.50. The molecule has 1 aliphatic carbocycles. The molecule has 1 aromatic heterocycles. The summed E-state index contributed by atoms with van der Waals surface area (Å²) in [7, 11) is 1.86. The number of carbonyl (C=O) groups excluding carboxylic acids is 1. The van der Waals surface area contributed by atoms with E-state index < -0.39 is 5.97 Å². The molecule has 114 valence electrons. The monoisotopic (exact) mass is 307 g/mol. The molecule has 2 unspecified atom stereocenters. The van der Waals surface area contributed by atoms with Gasteiger partial charge in [-0.25, -0.2) is 4.79 Å². The maximum atomic E-state index is 12.6. The first-order valence-corrected chi connectivity index (χ1v) is 8.12. The molecule has 0 saturated heterocycles. The summed E-state index contributed by atoms with van der Waals surface area (Å²) in [5.41, 5.74) is 0.683. The van der Waals surface area contributed by atoms with Crippen LogP contribution in [0.25, 0.3) is 6.08 Å². The number of rotatable bonds is 4. The molecule has 0 bridgehead atoms. The fourth-order valence-electron chi connectivity index (χ4n) is 2.87. The number of carboxylic acid groups (broad SMARTS) is 1. The largest absolute Gasteiger partial charge is 0.478 e. The zero-order valence-electron chi connectivity index (χ0n) is 12.4. The van der Waals surface area contributed by atoms with Gasteiger partial charge < -0.3 is 10.0 Å². The standard InChI is InChI=1S/C16H21NO3S/c1-11-4-3-5-13(10-11)17(2)16(20)15-12(8-9-21-15)6-7-14(18)19/h6-9,11,13H,3-5,10H2,1-2H3,(H,18,19). The van der Waals surface area contributed by atoms with Crippen molar-refractivity contribution < 1.29 is 14.7 Å². The highest BCUT2D eigenvalue weighted by molar-refractivity contribution is 7.12. The Morgan fingerprint density at radius 2 is 2.19 bits per heavy atom. The summed E-state index contributed by atoms with van der Waals surface area (Å²) in [5, 5.41) is 10.5. The number of carbonyl (C=O) groups is 2. The summed E-state index contributed by atoms with van der Waals surface area (Å²) in [4.78, 5) is 25.7. The number of hydrogen-bond acceptors (Lipinski definition) is 3. The van der Waals surface area contributed by atoms with E-state index >= 15 is 0 Å². The second-order valence-corrected chi connectivity index (χ2v) is 6.63. The summed E-state index contributed by atoms with van der Waals surface area (Å²) in [6.07, 6.45) is 7.07. The van der Waals surface area contributed by atoms with Gasteiger partial charge in [-0.3, -0.25) is 4.79 Å². The summed E-state index contributed by atoms with van der Waals surface area (Å²) < 4.78 is 0. The summed E-state index contributed by atoms with van der Waals surface area (Å²) in [5.74, 6) is -0.350. The molecule has 1 N–H and O–H groups in total. The van der Waals surface area contributed by atoms with E-state index in [-0.39, 0.29) is 5.91 Å². The van der Waals surface area contributed by atoms with Gasteiger partial charge in [0.25, 0.3) is 5.91 Å². The Kier molecular flexibility index (Phi) is 5.17. The van der Waals surface area contributed by atoms with Crippen LogP contribution in [0.5, 0.6) is 0 Å². The van der Waals surface area contributed by atoms with Gasteiger partial charge in [0, 0.05) is 19.2 Å². The van der Waals surface area contributed by atoms with E-state index in [0.29, 0.717) is 22.4 Å². The van der Waals surface area contributed by atoms with Crippen LogP contribution in [0, 0.1) is 5.92 Å². The lowest BCUT2D eigenvalue weighted by molar-refractivity contribution is -0.131. The van der Waals surface area contributed by atoms with Crippen molar-refractivity contribution in [3.8, 4) is 0 Å². The molecule has 0 spiro atoms. The molecule has 2 atom stereocenters. The van der Waals surface area contributed by atoms with E-state index in [1.165, 1.54) is 30.3 Å². The van der Waals surface area contributed by atoms with E-state index in [1.54, 1.807) is 6.07 Å². The Balaban J connectivity index is 2.12. The average Bonchev–Trinajstić information content (AvgIpc) is 2.92. The van der Waals surface area contributed by atoms with E-state index in [4.69, 9.17) is 5.11 Å². The topological polar surface area (TPSA) is 57.6 Å².